The Morgan fingerprint density at radius 1 is 1.08 bits per heavy atom. The van der Waals surface area contributed by atoms with Crippen molar-refractivity contribution in [2.24, 2.45) is 0 Å². The van der Waals surface area contributed by atoms with E-state index in [0.29, 0.717) is 11.5 Å². The number of halogens is 1. The molecule has 2 atom stereocenters. The van der Waals surface area contributed by atoms with E-state index in [2.05, 4.69) is 49.5 Å². The summed E-state index contributed by atoms with van der Waals surface area (Å²) >= 11 is 3.56. The van der Waals surface area contributed by atoms with Crippen molar-refractivity contribution < 1.29 is 9.47 Å². The van der Waals surface area contributed by atoms with Crippen molar-refractivity contribution in [3.05, 3.63) is 64.4 Å². The van der Waals surface area contributed by atoms with Gasteiger partial charge in [-0.2, -0.15) is 10.1 Å². The minimum Gasteiger partial charge on any atom is -0.493 e. The molecule has 1 aromatic heterocycles. The van der Waals surface area contributed by atoms with Crippen molar-refractivity contribution in [1.82, 2.24) is 14.8 Å². The van der Waals surface area contributed by atoms with E-state index in [1.807, 2.05) is 28.9 Å². The van der Waals surface area contributed by atoms with Crippen LogP contribution in [0.2, 0.25) is 0 Å². The van der Waals surface area contributed by atoms with E-state index >= 15 is 0 Å². The quantitative estimate of drug-likeness (QED) is 0.692. The largest absolute Gasteiger partial charge is 0.493 e. The van der Waals surface area contributed by atoms with Crippen LogP contribution in [-0.4, -0.2) is 29.0 Å². The van der Waals surface area contributed by atoms with Crippen LogP contribution in [0.1, 0.15) is 29.6 Å². The molecule has 1 aliphatic heterocycles. The van der Waals surface area contributed by atoms with Crippen LogP contribution in [-0.2, 0) is 0 Å². The van der Waals surface area contributed by atoms with Gasteiger partial charge in [-0.3, -0.25) is 0 Å². The fourth-order valence-electron chi connectivity index (χ4n) is 3.40. The molecule has 1 aliphatic rings. The molecule has 26 heavy (non-hydrogen) atoms. The summed E-state index contributed by atoms with van der Waals surface area (Å²) in [5.74, 6) is 2.19. The molecular weight excluding hydrogens is 396 g/mol. The second-order valence-corrected chi connectivity index (χ2v) is 7.06. The lowest BCUT2D eigenvalue weighted by Gasteiger charge is -2.32. The predicted molar refractivity (Wildman–Crippen MR) is 103 cm³/mol. The number of fused-ring (bicyclic) bond motifs is 1. The van der Waals surface area contributed by atoms with Gasteiger partial charge in [0.1, 0.15) is 6.33 Å². The van der Waals surface area contributed by atoms with Gasteiger partial charge in [-0.1, -0.05) is 34.1 Å². The molecule has 0 saturated heterocycles. The van der Waals surface area contributed by atoms with E-state index in [0.717, 1.165) is 22.4 Å². The molecule has 0 amide bonds. The van der Waals surface area contributed by atoms with Gasteiger partial charge in [0.05, 0.1) is 26.3 Å². The number of methoxy groups -OCH3 is 2. The van der Waals surface area contributed by atoms with Gasteiger partial charge in [-0.15, -0.1) is 0 Å². The number of nitrogens with zero attached hydrogens (tertiary/aromatic N) is 3. The summed E-state index contributed by atoms with van der Waals surface area (Å²) in [6.07, 6.45) is 2.43. The van der Waals surface area contributed by atoms with Gasteiger partial charge < -0.3 is 14.8 Å². The van der Waals surface area contributed by atoms with Crippen molar-refractivity contribution in [2.75, 3.05) is 19.5 Å². The Hall–Kier alpha value is -2.54. The molecule has 134 valence electrons. The number of anilines is 1. The molecule has 2 aromatic carbocycles. The van der Waals surface area contributed by atoms with Crippen molar-refractivity contribution in [2.45, 2.75) is 18.5 Å². The average molecular weight is 415 g/mol. The van der Waals surface area contributed by atoms with E-state index in [9.17, 15) is 0 Å². The molecule has 0 aliphatic carbocycles. The Bertz CT molecular complexity index is 927. The Labute approximate surface area is 160 Å². The maximum Gasteiger partial charge on any atom is 0.222 e. The van der Waals surface area contributed by atoms with Gasteiger partial charge in [-0.05, 0) is 41.8 Å². The van der Waals surface area contributed by atoms with Crippen LogP contribution < -0.4 is 14.8 Å². The molecule has 0 bridgehead atoms. The SMILES string of the molecule is COc1ccc([C@@H]2C[C@@H](c3cccc(Br)c3)Nc3ncnn32)cc1OC. The lowest BCUT2D eigenvalue weighted by atomic mass is 9.93. The summed E-state index contributed by atoms with van der Waals surface area (Å²) in [4.78, 5) is 4.38. The minimum atomic E-state index is 0.0533. The van der Waals surface area contributed by atoms with Gasteiger partial charge in [0.15, 0.2) is 11.5 Å². The van der Waals surface area contributed by atoms with Crippen molar-refractivity contribution in [3.63, 3.8) is 0 Å². The molecular formula is C19H19BrN4O2. The number of nitrogens with one attached hydrogen (secondary N) is 1. The molecule has 2 heterocycles. The second kappa shape index (κ2) is 6.99. The first-order chi connectivity index (χ1) is 12.7. The van der Waals surface area contributed by atoms with Crippen molar-refractivity contribution in [3.8, 4) is 11.5 Å². The fraction of sp³-hybridized carbons (Fsp3) is 0.263. The predicted octanol–water partition coefficient (Wildman–Crippen LogP) is 4.20. The smallest absolute Gasteiger partial charge is 0.222 e. The molecule has 0 fully saturated rings. The van der Waals surface area contributed by atoms with Crippen LogP contribution >= 0.6 is 15.9 Å². The normalized spacial score (nSPS) is 18.7. The highest BCUT2D eigenvalue weighted by molar-refractivity contribution is 9.10. The van der Waals surface area contributed by atoms with Crippen LogP contribution in [0.4, 0.5) is 5.95 Å². The van der Waals surface area contributed by atoms with E-state index in [-0.39, 0.29) is 12.1 Å². The topological polar surface area (TPSA) is 61.2 Å². The number of benzene rings is 2. The molecule has 6 nitrogen and oxygen atoms in total. The molecule has 0 saturated carbocycles. The first-order valence-electron chi connectivity index (χ1n) is 8.33. The molecule has 0 unspecified atom stereocenters. The summed E-state index contributed by atoms with van der Waals surface area (Å²) in [6, 6.07) is 14.5. The maximum atomic E-state index is 5.47. The molecule has 1 N–H and O–H groups in total. The zero-order valence-corrected chi connectivity index (χ0v) is 16.1. The summed E-state index contributed by atoms with van der Waals surface area (Å²) < 4.78 is 13.8. The minimum absolute atomic E-state index is 0.0533. The lowest BCUT2D eigenvalue weighted by Crippen LogP contribution is -2.28. The average Bonchev–Trinajstić information content (AvgIpc) is 3.15. The number of rotatable bonds is 4. The van der Waals surface area contributed by atoms with Crippen LogP contribution in [0.15, 0.2) is 53.3 Å². The third kappa shape index (κ3) is 3.03. The summed E-state index contributed by atoms with van der Waals surface area (Å²) in [5.41, 5.74) is 2.31. The highest BCUT2D eigenvalue weighted by Gasteiger charge is 2.30. The second-order valence-electron chi connectivity index (χ2n) is 6.15. The molecule has 0 spiro atoms. The van der Waals surface area contributed by atoms with Gasteiger partial charge in [0.2, 0.25) is 5.95 Å². The van der Waals surface area contributed by atoms with Crippen LogP contribution in [0.25, 0.3) is 0 Å². The molecule has 0 radical (unpaired) electrons. The first-order valence-corrected chi connectivity index (χ1v) is 9.12. The molecule has 7 heteroatoms. The van der Waals surface area contributed by atoms with Crippen LogP contribution in [0, 0.1) is 0 Å². The highest BCUT2D eigenvalue weighted by atomic mass is 79.9. The van der Waals surface area contributed by atoms with E-state index in [4.69, 9.17) is 9.47 Å². The van der Waals surface area contributed by atoms with E-state index < -0.39 is 0 Å². The van der Waals surface area contributed by atoms with Crippen molar-refractivity contribution >= 4 is 21.9 Å². The number of ether oxygens (including phenoxy) is 2. The zero-order valence-electron chi connectivity index (χ0n) is 14.5. The van der Waals surface area contributed by atoms with E-state index in [1.54, 1.807) is 20.5 Å². The summed E-state index contributed by atoms with van der Waals surface area (Å²) in [5, 5.41) is 7.90. The number of hydrogen-bond acceptors (Lipinski definition) is 5. The Kier molecular flexibility index (Phi) is 4.55. The van der Waals surface area contributed by atoms with Crippen LogP contribution in [0.5, 0.6) is 11.5 Å². The third-order valence-corrected chi connectivity index (χ3v) is 5.17. The Morgan fingerprint density at radius 2 is 1.92 bits per heavy atom. The number of hydrogen-bond donors (Lipinski definition) is 1. The molecule has 4 rings (SSSR count). The van der Waals surface area contributed by atoms with Gasteiger partial charge in [-0.25, -0.2) is 4.68 Å². The lowest BCUT2D eigenvalue weighted by molar-refractivity contribution is 0.352. The third-order valence-electron chi connectivity index (χ3n) is 4.67. The monoisotopic (exact) mass is 414 g/mol. The van der Waals surface area contributed by atoms with Crippen LogP contribution in [0.3, 0.4) is 0 Å². The summed E-state index contributed by atoms with van der Waals surface area (Å²) in [7, 11) is 3.29. The maximum absolute atomic E-state index is 5.47. The van der Waals surface area contributed by atoms with Gasteiger partial charge >= 0.3 is 0 Å². The van der Waals surface area contributed by atoms with Crippen molar-refractivity contribution in [1.29, 1.82) is 0 Å². The highest BCUT2D eigenvalue weighted by Crippen LogP contribution is 2.40. The Balaban J connectivity index is 1.74. The Morgan fingerprint density at radius 3 is 2.69 bits per heavy atom. The molecule has 3 aromatic rings. The van der Waals surface area contributed by atoms with Gasteiger partial charge in [0.25, 0.3) is 0 Å². The summed E-state index contributed by atoms with van der Waals surface area (Å²) in [6.45, 7) is 0. The van der Waals surface area contributed by atoms with Gasteiger partial charge in [0, 0.05) is 4.47 Å². The zero-order chi connectivity index (χ0) is 18.1. The standard InChI is InChI=1S/C19H19BrN4O2/c1-25-17-7-6-13(9-18(17)26-2)16-10-15(12-4-3-5-14(20)8-12)23-19-21-11-22-24(16)19/h3-9,11,15-16H,10H2,1-2H3,(H,21,22,23)/t15-,16-/m0/s1. The first kappa shape index (κ1) is 16.9. The fourth-order valence-corrected chi connectivity index (χ4v) is 3.82. The number of aromatic nitrogens is 3. The van der Waals surface area contributed by atoms with E-state index in [1.165, 1.54) is 5.56 Å².